The summed E-state index contributed by atoms with van der Waals surface area (Å²) < 4.78 is 8.97. The van der Waals surface area contributed by atoms with Gasteiger partial charge in [0.2, 0.25) is 0 Å². The van der Waals surface area contributed by atoms with E-state index >= 15 is 0 Å². The van der Waals surface area contributed by atoms with Gasteiger partial charge in [0.05, 0.1) is 28.1 Å². The number of fused-ring (bicyclic) bond motifs is 3. The van der Waals surface area contributed by atoms with Crippen molar-refractivity contribution in [2.75, 3.05) is 10.6 Å². The summed E-state index contributed by atoms with van der Waals surface area (Å²) in [5.74, 6) is 2.33. The second-order valence-corrected chi connectivity index (χ2v) is 22.0. The number of aryl methyl sites for hydroxylation is 1. The average molecular weight is 929 g/mol. The number of aromatic nitrogens is 2. The third kappa shape index (κ3) is 9.70. The molecule has 0 radical (unpaired) electrons. The van der Waals surface area contributed by atoms with Crippen LogP contribution in [0.2, 0.25) is 0 Å². The summed E-state index contributed by atoms with van der Waals surface area (Å²) in [4.78, 5) is 5.04. The van der Waals surface area contributed by atoms with Crippen LogP contribution >= 0.6 is 0 Å². The Bertz CT molecular complexity index is 3530. The van der Waals surface area contributed by atoms with Gasteiger partial charge in [0.25, 0.3) is 0 Å². The molecule has 2 heterocycles. The normalized spacial score (nSPS) is 12.1. The minimum atomic E-state index is -0.0898. The van der Waals surface area contributed by atoms with Crippen LogP contribution in [0.4, 0.5) is 22.7 Å². The van der Waals surface area contributed by atoms with Crippen molar-refractivity contribution in [3.63, 3.8) is 0 Å². The Hall–Kier alpha value is -7.89. The first-order chi connectivity index (χ1) is 34.0. The van der Waals surface area contributed by atoms with Crippen molar-refractivity contribution in [3.8, 4) is 50.7 Å². The summed E-state index contributed by atoms with van der Waals surface area (Å²) in [7, 11) is 0. The summed E-state index contributed by atoms with van der Waals surface area (Å²) in [6, 6.07) is 67.0. The molecule has 0 aliphatic carbocycles. The molecular formula is C66H64N4O. The number of hydrogen-bond donors (Lipinski definition) is 2. The molecule has 2 aromatic heterocycles. The maximum Gasteiger partial charge on any atom is 0.137 e. The van der Waals surface area contributed by atoms with Gasteiger partial charge >= 0.3 is 0 Å². The van der Waals surface area contributed by atoms with Gasteiger partial charge in [-0.05, 0) is 123 Å². The van der Waals surface area contributed by atoms with Crippen molar-refractivity contribution in [1.82, 2.24) is 9.55 Å². The number of anilines is 4. The number of pyridine rings is 1. The van der Waals surface area contributed by atoms with E-state index in [1.807, 2.05) is 24.4 Å². The molecule has 0 aliphatic rings. The highest BCUT2D eigenvalue weighted by Crippen LogP contribution is 2.46. The Kier molecular flexibility index (Phi) is 12.2. The molecule has 0 spiro atoms. The molecule has 0 atom stereocenters. The predicted octanol–water partition coefficient (Wildman–Crippen LogP) is 18.7. The lowest BCUT2D eigenvalue weighted by Gasteiger charge is -2.29. The highest BCUT2D eigenvalue weighted by Gasteiger charge is 2.26. The van der Waals surface area contributed by atoms with Crippen molar-refractivity contribution in [3.05, 3.63) is 217 Å². The molecule has 5 heteroatoms. The van der Waals surface area contributed by atoms with E-state index in [0.29, 0.717) is 0 Å². The number of nitrogens with one attached hydrogen (secondary N) is 2. The monoisotopic (exact) mass is 929 g/mol. The standard InChI is InChI=1S/C66H64N4O/c1-43-34-62(67-42-57(43)45-24-15-12-16-25-45)70-60-31-20-17-28-53(60)54-33-32-52(41-61(54)70)71-51-27-21-26-50(40-51)68-58-29-18-19-30-59(58)69-63-55(44-22-13-11-14-23-44)38-49(66(8,9)10)39-56(63)46-35-47(64(2,3)4)37-48(36-46)65(5,6)7/h11-42,68-69H,1-10H3. The Morgan fingerprint density at radius 1 is 0.423 bits per heavy atom. The lowest BCUT2D eigenvalue weighted by atomic mass is 9.77. The molecule has 8 aromatic carbocycles. The van der Waals surface area contributed by atoms with Gasteiger partial charge in [-0.25, -0.2) is 4.98 Å². The largest absolute Gasteiger partial charge is 0.457 e. The van der Waals surface area contributed by atoms with Gasteiger partial charge in [0.1, 0.15) is 17.3 Å². The Morgan fingerprint density at radius 2 is 0.958 bits per heavy atom. The number of ether oxygens (including phenoxy) is 1. The molecule has 2 N–H and O–H groups in total. The fourth-order valence-corrected chi connectivity index (χ4v) is 9.54. The van der Waals surface area contributed by atoms with Crippen LogP contribution in [0.1, 0.15) is 84.6 Å². The molecule has 5 nitrogen and oxygen atoms in total. The number of benzene rings is 8. The van der Waals surface area contributed by atoms with Gasteiger partial charge in [-0.2, -0.15) is 0 Å². The Morgan fingerprint density at radius 3 is 1.59 bits per heavy atom. The summed E-state index contributed by atoms with van der Waals surface area (Å²) in [6.45, 7) is 22.9. The van der Waals surface area contributed by atoms with Crippen molar-refractivity contribution < 1.29 is 4.74 Å². The maximum atomic E-state index is 6.72. The third-order valence-electron chi connectivity index (χ3n) is 13.7. The minimum Gasteiger partial charge on any atom is -0.457 e. The number of nitrogens with zero attached hydrogens (tertiary/aromatic N) is 2. The van der Waals surface area contributed by atoms with E-state index < -0.39 is 0 Å². The quantitative estimate of drug-likeness (QED) is 0.143. The van der Waals surface area contributed by atoms with Crippen molar-refractivity contribution in [2.24, 2.45) is 0 Å². The Balaban J connectivity index is 1.01. The zero-order chi connectivity index (χ0) is 49.7. The zero-order valence-electron chi connectivity index (χ0n) is 42.8. The molecule has 10 aromatic rings. The van der Waals surface area contributed by atoms with Gasteiger partial charge < -0.3 is 15.4 Å². The number of hydrogen-bond acceptors (Lipinski definition) is 4. The second-order valence-electron chi connectivity index (χ2n) is 22.0. The molecule has 10 rings (SSSR count). The third-order valence-corrected chi connectivity index (χ3v) is 13.7. The lowest BCUT2D eigenvalue weighted by molar-refractivity contribution is 0.483. The molecule has 0 unspecified atom stereocenters. The van der Waals surface area contributed by atoms with Crippen LogP contribution in [0, 0.1) is 6.92 Å². The van der Waals surface area contributed by atoms with E-state index in [1.54, 1.807) is 0 Å². The van der Waals surface area contributed by atoms with E-state index in [0.717, 1.165) is 84.3 Å². The van der Waals surface area contributed by atoms with E-state index in [1.165, 1.54) is 33.2 Å². The number of rotatable bonds is 10. The van der Waals surface area contributed by atoms with E-state index in [4.69, 9.17) is 9.72 Å². The molecule has 71 heavy (non-hydrogen) atoms. The fourth-order valence-electron chi connectivity index (χ4n) is 9.54. The molecule has 0 saturated heterocycles. The van der Waals surface area contributed by atoms with E-state index in [2.05, 4.69) is 254 Å². The molecule has 354 valence electrons. The van der Waals surface area contributed by atoms with Crippen LogP contribution in [0.25, 0.3) is 61.0 Å². The summed E-state index contributed by atoms with van der Waals surface area (Å²) in [5.41, 5.74) is 17.9. The predicted molar refractivity (Wildman–Crippen MR) is 302 cm³/mol. The fraction of sp³-hybridized carbons (Fsp3) is 0.197. The van der Waals surface area contributed by atoms with Crippen LogP contribution in [-0.2, 0) is 16.2 Å². The van der Waals surface area contributed by atoms with Gasteiger partial charge in [0, 0.05) is 51.5 Å². The molecule has 0 amide bonds. The smallest absolute Gasteiger partial charge is 0.137 e. The highest BCUT2D eigenvalue weighted by molar-refractivity contribution is 6.09. The first-order valence-electron chi connectivity index (χ1n) is 24.8. The molecule has 0 saturated carbocycles. The van der Waals surface area contributed by atoms with E-state index in [-0.39, 0.29) is 16.2 Å². The first kappa shape index (κ1) is 46.8. The zero-order valence-corrected chi connectivity index (χ0v) is 42.8. The Labute approximate surface area is 420 Å². The average Bonchev–Trinajstić information content (AvgIpc) is 3.67. The van der Waals surface area contributed by atoms with Crippen molar-refractivity contribution in [1.29, 1.82) is 0 Å². The van der Waals surface area contributed by atoms with Crippen LogP contribution < -0.4 is 15.4 Å². The summed E-state index contributed by atoms with van der Waals surface area (Å²) in [5, 5.41) is 10.1. The van der Waals surface area contributed by atoms with Gasteiger partial charge in [-0.1, -0.05) is 178 Å². The summed E-state index contributed by atoms with van der Waals surface area (Å²) in [6.07, 6.45) is 1.99. The first-order valence-corrected chi connectivity index (χ1v) is 24.8. The molecule has 0 bridgehead atoms. The lowest BCUT2D eigenvalue weighted by Crippen LogP contribution is -2.17. The van der Waals surface area contributed by atoms with E-state index in [9.17, 15) is 0 Å². The van der Waals surface area contributed by atoms with Crippen molar-refractivity contribution in [2.45, 2.75) is 85.5 Å². The van der Waals surface area contributed by atoms with Gasteiger partial charge in [-0.3, -0.25) is 4.57 Å². The van der Waals surface area contributed by atoms with Crippen LogP contribution in [0.15, 0.2) is 194 Å². The topological polar surface area (TPSA) is 51.1 Å². The van der Waals surface area contributed by atoms with Gasteiger partial charge in [-0.15, -0.1) is 0 Å². The molecule has 0 aliphatic heterocycles. The molecular weight excluding hydrogens is 865 g/mol. The minimum absolute atomic E-state index is 0.0401. The second kappa shape index (κ2) is 18.5. The number of para-hydroxylation sites is 3. The molecule has 0 fully saturated rings. The SMILES string of the molecule is Cc1cc(-n2c3ccccc3c3ccc(Oc4cccc(Nc5ccccc5Nc5c(-c6ccccc6)cc(C(C)(C)C)cc5-c5cc(C(C)(C)C)cc(C(C)(C)C)c5)c4)cc32)ncc1-c1ccccc1. The maximum absolute atomic E-state index is 6.72. The van der Waals surface area contributed by atoms with Crippen LogP contribution in [-0.4, -0.2) is 9.55 Å². The summed E-state index contributed by atoms with van der Waals surface area (Å²) >= 11 is 0. The van der Waals surface area contributed by atoms with Crippen LogP contribution in [0.5, 0.6) is 11.5 Å². The van der Waals surface area contributed by atoms with Crippen LogP contribution in [0.3, 0.4) is 0 Å². The van der Waals surface area contributed by atoms with Crippen molar-refractivity contribution >= 4 is 44.6 Å². The van der Waals surface area contributed by atoms with Gasteiger partial charge in [0.15, 0.2) is 0 Å². The highest BCUT2D eigenvalue weighted by atomic mass is 16.5.